The molecule has 6 nitrogen and oxygen atoms in total. The highest BCUT2D eigenvalue weighted by Crippen LogP contribution is 2.18. The van der Waals surface area contributed by atoms with E-state index in [1.165, 1.54) is 6.07 Å². The molecule has 2 rings (SSSR count). The molecule has 0 fully saturated rings. The van der Waals surface area contributed by atoms with Gasteiger partial charge >= 0.3 is 0 Å². The summed E-state index contributed by atoms with van der Waals surface area (Å²) in [6.07, 6.45) is 0. The summed E-state index contributed by atoms with van der Waals surface area (Å²) >= 11 is 0. The number of anilines is 1. The van der Waals surface area contributed by atoms with Gasteiger partial charge in [-0.2, -0.15) is 8.42 Å². The molecule has 7 heteroatoms. The van der Waals surface area contributed by atoms with Crippen molar-refractivity contribution in [2.24, 2.45) is 0 Å². The Labute approximate surface area is 118 Å². The van der Waals surface area contributed by atoms with Gasteiger partial charge in [-0.25, -0.2) is 4.98 Å². The molecule has 0 spiro atoms. The van der Waals surface area contributed by atoms with Crippen molar-refractivity contribution in [2.75, 3.05) is 11.8 Å². The lowest BCUT2D eigenvalue weighted by Crippen LogP contribution is -2.13. The van der Waals surface area contributed by atoms with Crippen LogP contribution < -0.4 is 10.0 Å². The predicted molar refractivity (Wildman–Crippen MR) is 76.0 cm³/mol. The van der Waals surface area contributed by atoms with Crippen LogP contribution in [0.3, 0.4) is 0 Å². The number of pyridine rings is 1. The van der Waals surface area contributed by atoms with Crippen LogP contribution in [0.15, 0.2) is 33.8 Å². The van der Waals surface area contributed by atoms with Gasteiger partial charge in [-0.15, -0.1) is 0 Å². The maximum atomic E-state index is 12.2. The van der Waals surface area contributed by atoms with E-state index in [-0.39, 0.29) is 10.9 Å². The van der Waals surface area contributed by atoms with Crippen LogP contribution in [-0.2, 0) is 16.6 Å². The summed E-state index contributed by atoms with van der Waals surface area (Å²) in [4.78, 5) is 4.14. The molecule has 2 N–H and O–H groups in total. The molecular weight excluding hydrogens is 278 g/mol. The van der Waals surface area contributed by atoms with E-state index in [9.17, 15) is 8.42 Å². The third-order valence-electron chi connectivity index (χ3n) is 2.59. The highest BCUT2D eigenvalue weighted by atomic mass is 32.2. The fourth-order valence-electron chi connectivity index (χ4n) is 1.85. The molecule has 0 unspecified atom stereocenters. The Hall–Kier alpha value is -1.86. The van der Waals surface area contributed by atoms with E-state index in [0.29, 0.717) is 12.3 Å². The molecule has 0 saturated carbocycles. The largest absolute Gasteiger partial charge is 0.446 e. The fourth-order valence-corrected chi connectivity index (χ4v) is 2.80. The van der Waals surface area contributed by atoms with Crippen LogP contribution >= 0.6 is 0 Å². The molecule has 2 aromatic rings. The molecule has 0 aliphatic rings. The predicted octanol–water partition coefficient (Wildman–Crippen LogP) is 1.81. The molecule has 20 heavy (non-hydrogen) atoms. The summed E-state index contributed by atoms with van der Waals surface area (Å²) in [5.41, 5.74) is 1.68. The summed E-state index contributed by atoms with van der Waals surface area (Å²) in [7, 11) is -1.99. The standard InChI is InChI=1S/C13H17N3O3S/c1-9-6-10(2)15-12(7-9)16-20(17,18)13-5-4-11(19-13)8-14-3/h4-7,14H,8H2,1-3H3,(H,15,16). The first-order chi connectivity index (χ1) is 9.40. The number of nitrogens with one attached hydrogen (secondary N) is 2. The minimum atomic E-state index is -3.75. The van der Waals surface area contributed by atoms with Gasteiger partial charge in [-0.3, -0.25) is 4.72 Å². The zero-order chi connectivity index (χ0) is 14.8. The summed E-state index contributed by atoms with van der Waals surface area (Å²) < 4.78 is 32.1. The molecule has 108 valence electrons. The van der Waals surface area contributed by atoms with Crippen molar-refractivity contribution in [1.29, 1.82) is 0 Å². The number of rotatable bonds is 5. The topological polar surface area (TPSA) is 84.2 Å². The Morgan fingerprint density at radius 1 is 1.25 bits per heavy atom. The van der Waals surface area contributed by atoms with E-state index in [1.807, 2.05) is 19.9 Å². The summed E-state index contributed by atoms with van der Waals surface area (Å²) in [5.74, 6) is 0.843. The molecule has 0 bridgehead atoms. The quantitative estimate of drug-likeness (QED) is 0.879. The van der Waals surface area contributed by atoms with Gasteiger partial charge in [0, 0.05) is 5.69 Å². The second-order valence-corrected chi connectivity index (χ2v) is 6.14. The van der Waals surface area contributed by atoms with Crippen molar-refractivity contribution in [3.8, 4) is 0 Å². The number of aryl methyl sites for hydroxylation is 2. The van der Waals surface area contributed by atoms with Crippen molar-refractivity contribution in [2.45, 2.75) is 25.5 Å². The van der Waals surface area contributed by atoms with Gasteiger partial charge in [-0.1, -0.05) is 0 Å². The Morgan fingerprint density at radius 2 is 2.00 bits per heavy atom. The average Bonchev–Trinajstić information content (AvgIpc) is 2.76. The molecular formula is C13H17N3O3S. The van der Waals surface area contributed by atoms with Gasteiger partial charge in [0.1, 0.15) is 11.6 Å². The molecule has 0 amide bonds. The number of hydrogen-bond acceptors (Lipinski definition) is 5. The van der Waals surface area contributed by atoms with E-state index in [0.717, 1.165) is 11.3 Å². The monoisotopic (exact) mass is 295 g/mol. The van der Waals surface area contributed by atoms with Gasteiger partial charge in [-0.05, 0) is 50.7 Å². The fraction of sp³-hybridized carbons (Fsp3) is 0.308. The lowest BCUT2D eigenvalue weighted by molar-refractivity contribution is 0.408. The van der Waals surface area contributed by atoms with Crippen molar-refractivity contribution in [3.63, 3.8) is 0 Å². The molecule has 2 aromatic heterocycles. The van der Waals surface area contributed by atoms with Gasteiger partial charge in [0.25, 0.3) is 10.0 Å². The third-order valence-corrected chi connectivity index (χ3v) is 3.82. The molecule has 0 aliphatic carbocycles. The first-order valence-corrected chi connectivity index (χ1v) is 7.60. The highest BCUT2D eigenvalue weighted by molar-refractivity contribution is 7.92. The molecule has 2 heterocycles. The summed E-state index contributed by atoms with van der Waals surface area (Å²) in [5, 5.41) is 2.77. The van der Waals surface area contributed by atoms with Crippen LogP contribution in [0, 0.1) is 13.8 Å². The number of aromatic nitrogens is 1. The highest BCUT2D eigenvalue weighted by Gasteiger charge is 2.19. The van der Waals surface area contributed by atoms with E-state index in [1.54, 1.807) is 19.2 Å². The number of nitrogens with zero attached hydrogens (tertiary/aromatic N) is 1. The van der Waals surface area contributed by atoms with Crippen LogP contribution in [0.2, 0.25) is 0 Å². The first-order valence-electron chi connectivity index (χ1n) is 6.12. The van der Waals surface area contributed by atoms with Crippen molar-refractivity contribution in [3.05, 3.63) is 41.3 Å². The normalized spacial score (nSPS) is 11.6. The van der Waals surface area contributed by atoms with Gasteiger partial charge < -0.3 is 9.73 Å². The zero-order valence-electron chi connectivity index (χ0n) is 11.6. The Balaban J connectivity index is 2.25. The minimum Gasteiger partial charge on any atom is -0.446 e. The summed E-state index contributed by atoms with van der Waals surface area (Å²) in [6.45, 7) is 4.16. The Bertz CT molecular complexity index is 687. The first kappa shape index (κ1) is 14.5. The SMILES string of the molecule is CNCc1ccc(S(=O)(=O)Nc2cc(C)cc(C)n2)o1. The van der Waals surface area contributed by atoms with E-state index in [2.05, 4.69) is 15.0 Å². The second kappa shape index (κ2) is 5.64. The van der Waals surface area contributed by atoms with Crippen LogP contribution in [-0.4, -0.2) is 20.4 Å². The van der Waals surface area contributed by atoms with Crippen LogP contribution in [0.25, 0.3) is 0 Å². The minimum absolute atomic E-state index is 0.122. The molecule has 0 radical (unpaired) electrons. The molecule has 0 saturated heterocycles. The lowest BCUT2D eigenvalue weighted by atomic mass is 10.2. The van der Waals surface area contributed by atoms with E-state index >= 15 is 0 Å². The van der Waals surface area contributed by atoms with Gasteiger partial charge in [0.15, 0.2) is 0 Å². The van der Waals surface area contributed by atoms with Crippen molar-refractivity contribution in [1.82, 2.24) is 10.3 Å². The average molecular weight is 295 g/mol. The molecule has 0 aliphatic heterocycles. The smallest absolute Gasteiger partial charge is 0.296 e. The van der Waals surface area contributed by atoms with Crippen LogP contribution in [0.1, 0.15) is 17.0 Å². The maximum Gasteiger partial charge on any atom is 0.296 e. The van der Waals surface area contributed by atoms with Crippen LogP contribution in [0.4, 0.5) is 5.82 Å². The summed E-state index contributed by atoms with van der Waals surface area (Å²) in [6, 6.07) is 6.59. The van der Waals surface area contributed by atoms with Gasteiger partial charge in [0.2, 0.25) is 5.09 Å². The number of furan rings is 1. The van der Waals surface area contributed by atoms with E-state index in [4.69, 9.17) is 4.42 Å². The van der Waals surface area contributed by atoms with Gasteiger partial charge in [0.05, 0.1) is 6.54 Å². The second-order valence-electron chi connectivity index (χ2n) is 4.53. The number of hydrogen-bond donors (Lipinski definition) is 2. The molecule has 0 aromatic carbocycles. The Kier molecular flexibility index (Phi) is 4.10. The lowest BCUT2D eigenvalue weighted by Gasteiger charge is -2.06. The Morgan fingerprint density at radius 3 is 2.65 bits per heavy atom. The van der Waals surface area contributed by atoms with Crippen molar-refractivity contribution < 1.29 is 12.8 Å². The van der Waals surface area contributed by atoms with Crippen molar-refractivity contribution >= 4 is 15.8 Å². The number of sulfonamides is 1. The molecule has 0 atom stereocenters. The maximum absolute atomic E-state index is 12.2. The third kappa shape index (κ3) is 3.37. The zero-order valence-corrected chi connectivity index (χ0v) is 12.4. The van der Waals surface area contributed by atoms with E-state index < -0.39 is 10.0 Å². The van der Waals surface area contributed by atoms with Crippen LogP contribution in [0.5, 0.6) is 0 Å².